The molecule has 0 fully saturated rings. The van der Waals surface area contributed by atoms with Crippen LogP contribution in [0, 0.1) is 0 Å². The molecule has 0 aliphatic heterocycles. The summed E-state index contributed by atoms with van der Waals surface area (Å²) in [5.74, 6) is -0.0940. The summed E-state index contributed by atoms with van der Waals surface area (Å²) in [5.41, 5.74) is 5.78. The van der Waals surface area contributed by atoms with Crippen molar-refractivity contribution in [3.8, 4) is 17.0 Å². The predicted octanol–water partition coefficient (Wildman–Crippen LogP) is 7.03. The lowest BCUT2D eigenvalue weighted by Crippen LogP contribution is -2.12. The third-order valence-corrected chi connectivity index (χ3v) is 6.18. The molecule has 0 bridgehead atoms. The first-order valence-corrected chi connectivity index (χ1v) is 11.1. The molecular formula is C24H17ClF3N3O2S. The van der Waals surface area contributed by atoms with Crippen molar-refractivity contribution in [2.45, 2.75) is 6.18 Å². The number of thiophene rings is 1. The Morgan fingerprint density at radius 1 is 1.18 bits per heavy atom. The van der Waals surface area contributed by atoms with Crippen molar-refractivity contribution in [3.63, 3.8) is 0 Å². The lowest BCUT2D eigenvalue weighted by atomic mass is 10.1. The van der Waals surface area contributed by atoms with Crippen LogP contribution in [0.4, 0.5) is 24.5 Å². The molecule has 1 amide bonds. The average molecular weight is 504 g/mol. The number of nitrogens with one attached hydrogen (secondary N) is 1. The Kier molecular flexibility index (Phi) is 6.49. The number of halogens is 4. The summed E-state index contributed by atoms with van der Waals surface area (Å²) in [6.45, 7) is 3.87. The van der Waals surface area contributed by atoms with Gasteiger partial charge in [-0.2, -0.15) is 13.2 Å². The average Bonchev–Trinajstić information content (AvgIpc) is 3.14. The van der Waals surface area contributed by atoms with Gasteiger partial charge in [0.15, 0.2) is 0 Å². The zero-order valence-corrected chi connectivity index (χ0v) is 19.0. The van der Waals surface area contributed by atoms with Gasteiger partial charge in [0.05, 0.1) is 16.9 Å². The van der Waals surface area contributed by atoms with E-state index in [2.05, 4.69) is 16.9 Å². The summed E-state index contributed by atoms with van der Waals surface area (Å²) in [6, 6.07) is 13.7. The van der Waals surface area contributed by atoms with Crippen LogP contribution in [0.2, 0.25) is 5.02 Å². The van der Waals surface area contributed by atoms with Crippen LogP contribution in [-0.4, -0.2) is 17.5 Å². The van der Waals surface area contributed by atoms with E-state index in [1.54, 1.807) is 54.6 Å². The molecule has 3 N–H and O–H groups in total. The van der Waals surface area contributed by atoms with E-state index in [9.17, 15) is 18.0 Å². The summed E-state index contributed by atoms with van der Waals surface area (Å²) >= 11 is 6.64. The molecule has 0 saturated carbocycles. The van der Waals surface area contributed by atoms with E-state index in [0.717, 1.165) is 17.4 Å². The van der Waals surface area contributed by atoms with Crippen LogP contribution in [0.1, 0.15) is 15.2 Å². The highest BCUT2D eigenvalue weighted by Crippen LogP contribution is 2.43. The molecule has 2 aromatic carbocycles. The number of aromatic nitrogens is 1. The molecule has 0 aliphatic rings. The molecule has 0 unspecified atom stereocenters. The van der Waals surface area contributed by atoms with Gasteiger partial charge in [0.2, 0.25) is 0 Å². The molecule has 4 rings (SSSR count). The van der Waals surface area contributed by atoms with Gasteiger partial charge < -0.3 is 15.8 Å². The van der Waals surface area contributed by atoms with Crippen LogP contribution < -0.4 is 15.8 Å². The van der Waals surface area contributed by atoms with Crippen molar-refractivity contribution >= 4 is 50.4 Å². The number of fused-ring (bicyclic) bond motifs is 1. The standard InChI is InChI=1S/C24H17ClF3N3O2S/c1-2-11-33-16-9-3-13(4-10-16)18-12-17(24(26,27)28)19-20(29)21(34-23(19)31-18)22(32)30-15-7-5-14(25)6-8-15/h2-10,12H,1,11,29H2,(H,30,32). The van der Waals surface area contributed by atoms with Crippen LogP contribution in [-0.2, 0) is 6.18 Å². The fourth-order valence-electron chi connectivity index (χ4n) is 3.26. The van der Waals surface area contributed by atoms with Crippen molar-refractivity contribution < 1.29 is 22.7 Å². The molecule has 10 heteroatoms. The topological polar surface area (TPSA) is 77.2 Å². The minimum atomic E-state index is -4.71. The predicted molar refractivity (Wildman–Crippen MR) is 130 cm³/mol. The van der Waals surface area contributed by atoms with E-state index < -0.39 is 17.6 Å². The molecule has 174 valence electrons. The summed E-state index contributed by atoms with van der Waals surface area (Å²) in [4.78, 5) is 17.1. The molecule has 0 spiro atoms. The van der Waals surface area contributed by atoms with E-state index in [4.69, 9.17) is 22.1 Å². The number of ether oxygens (including phenoxy) is 1. The number of nitrogens with two attached hydrogens (primary N) is 1. The lowest BCUT2D eigenvalue weighted by Gasteiger charge is -2.12. The van der Waals surface area contributed by atoms with E-state index in [1.807, 2.05) is 0 Å². The van der Waals surface area contributed by atoms with E-state index >= 15 is 0 Å². The molecule has 0 atom stereocenters. The number of anilines is 2. The minimum absolute atomic E-state index is 0.00978. The SMILES string of the molecule is C=CCOc1ccc(-c2cc(C(F)(F)F)c3c(N)c(C(=O)Nc4ccc(Cl)cc4)sc3n2)cc1. The summed E-state index contributed by atoms with van der Waals surface area (Å²) in [7, 11) is 0. The molecule has 34 heavy (non-hydrogen) atoms. The van der Waals surface area contributed by atoms with E-state index in [0.29, 0.717) is 28.6 Å². The number of hydrogen-bond acceptors (Lipinski definition) is 5. The molecule has 0 aliphatic carbocycles. The summed E-state index contributed by atoms with van der Waals surface area (Å²) < 4.78 is 47.3. The summed E-state index contributed by atoms with van der Waals surface area (Å²) in [5, 5.41) is 2.80. The van der Waals surface area contributed by atoms with Crippen LogP contribution in [0.5, 0.6) is 5.75 Å². The fraction of sp³-hybridized carbons (Fsp3) is 0.0833. The van der Waals surface area contributed by atoms with Gasteiger partial charge in [0.25, 0.3) is 5.91 Å². The second-order valence-electron chi connectivity index (χ2n) is 7.16. The Morgan fingerprint density at radius 3 is 2.47 bits per heavy atom. The lowest BCUT2D eigenvalue weighted by molar-refractivity contribution is -0.136. The number of alkyl halides is 3. The Hall–Kier alpha value is -3.56. The maximum absolute atomic E-state index is 14.0. The number of carbonyl (C=O) groups is 1. The number of carbonyl (C=O) groups excluding carboxylic acids is 1. The molecule has 5 nitrogen and oxygen atoms in total. The molecular weight excluding hydrogens is 487 g/mol. The van der Waals surface area contributed by atoms with Crippen LogP contribution in [0.3, 0.4) is 0 Å². The number of pyridine rings is 1. The highest BCUT2D eigenvalue weighted by Gasteiger charge is 2.36. The molecule has 0 radical (unpaired) electrons. The Labute approximate surface area is 201 Å². The number of hydrogen-bond donors (Lipinski definition) is 2. The van der Waals surface area contributed by atoms with Gasteiger partial charge in [-0.05, 0) is 54.6 Å². The third-order valence-electron chi connectivity index (χ3n) is 4.83. The molecule has 4 aromatic rings. The maximum atomic E-state index is 14.0. The van der Waals surface area contributed by atoms with Crippen LogP contribution in [0.15, 0.2) is 67.3 Å². The molecule has 0 saturated heterocycles. The van der Waals surface area contributed by atoms with E-state index in [1.165, 1.54) is 0 Å². The highest BCUT2D eigenvalue weighted by molar-refractivity contribution is 7.21. The van der Waals surface area contributed by atoms with Gasteiger partial charge in [0, 0.05) is 21.7 Å². The fourth-order valence-corrected chi connectivity index (χ4v) is 4.40. The van der Waals surface area contributed by atoms with Crippen molar-refractivity contribution in [3.05, 3.63) is 82.7 Å². The first-order valence-electron chi connectivity index (χ1n) is 9.88. The number of nitrogens with zero attached hydrogens (tertiary/aromatic N) is 1. The summed E-state index contributed by atoms with van der Waals surface area (Å²) in [6.07, 6.45) is -3.12. The van der Waals surface area contributed by atoms with Gasteiger partial charge in [-0.15, -0.1) is 11.3 Å². The van der Waals surface area contributed by atoms with Crippen molar-refractivity contribution in [2.24, 2.45) is 0 Å². The van der Waals surface area contributed by atoms with Crippen molar-refractivity contribution in [1.82, 2.24) is 4.98 Å². The quantitative estimate of drug-likeness (QED) is 0.277. The monoisotopic (exact) mass is 503 g/mol. The normalized spacial score (nSPS) is 11.4. The first kappa shape index (κ1) is 23.6. The van der Waals surface area contributed by atoms with Gasteiger partial charge in [0.1, 0.15) is 22.1 Å². The van der Waals surface area contributed by atoms with Crippen molar-refractivity contribution in [2.75, 3.05) is 17.7 Å². The van der Waals surface area contributed by atoms with Crippen molar-refractivity contribution in [1.29, 1.82) is 0 Å². The smallest absolute Gasteiger partial charge is 0.417 e. The van der Waals surface area contributed by atoms with Gasteiger partial charge in [-0.25, -0.2) is 4.98 Å². The molecule has 2 aromatic heterocycles. The largest absolute Gasteiger partial charge is 0.490 e. The number of rotatable bonds is 6. The highest BCUT2D eigenvalue weighted by atomic mass is 35.5. The Morgan fingerprint density at radius 2 is 1.85 bits per heavy atom. The number of amides is 1. The Balaban J connectivity index is 1.76. The maximum Gasteiger partial charge on any atom is 0.417 e. The second kappa shape index (κ2) is 9.36. The van der Waals surface area contributed by atoms with Crippen LogP contribution >= 0.6 is 22.9 Å². The minimum Gasteiger partial charge on any atom is -0.490 e. The second-order valence-corrected chi connectivity index (χ2v) is 8.60. The first-order chi connectivity index (χ1) is 16.2. The third kappa shape index (κ3) is 4.85. The zero-order chi connectivity index (χ0) is 24.5. The number of benzene rings is 2. The van der Waals surface area contributed by atoms with Gasteiger partial charge >= 0.3 is 6.18 Å². The molecule has 2 heterocycles. The van der Waals surface area contributed by atoms with E-state index in [-0.39, 0.29) is 26.5 Å². The zero-order valence-electron chi connectivity index (χ0n) is 17.4. The van der Waals surface area contributed by atoms with Gasteiger partial charge in [-0.1, -0.05) is 24.3 Å². The number of nitrogen functional groups attached to an aromatic ring is 1. The van der Waals surface area contributed by atoms with Crippen LogP contribution in [0.25, 0.3) is 21.5 Å². The van der Waals surface area contributed by atoms with Gasteiger partial charge in [-0.3, -0.25) is 4.79 Å². The Bertz CT molecular complexity index is 1370.